The Balaban J connectivity index is 1.82. The standard InChI is InChI=1S/C23H24N2O4/c1-3-29-22(26)9-6-14-24-23(27)19-15-21(16-10-12-17(28-2)13-11-16)25-20-8-5-4-7-18(19)20/h4-5,7-8,10-13,15H,3,6,9,14H2,1-2H3,(H,24,27). The number of hydrogen-bond donors (Lipinski definition) is 1. The number of benzene rings is 2. The van der Waals surface area contributed by atoms with Gasteiger partial charge >= 0.3 is 5.97 Å². The fourth-order valence-corrected chi connectivity index (χ4v) is 3.04. The lowest BCUT2D eigenvalue weighted by atomic mass is 10.0. The average molecular weight is 392 g/mol. The molecule has 6 nitrogen and oxygen atoms in total. The molecular formula is C23H24N2O4. The quantitative estimate of drug-likeness (QED) is 0.463. The van der Waals surface area contributed by atoms with Gasteiger partial charge in [-0.1, -0.05) is 18.2 Å². The lowest BCUT2D eigenvalue weighted by molar-refractivity contribution is -0.143. The third-order valence-electron chi connectivity index (χ3n) is 4.50. The van der Waals surface area contributed by atoms with E-state index in [1.807, 2.05) is 48.5 Å². The second-order valence-corrected chi connectivity index (χ2v) is 6.47. The monoisotopic (exact) mass is 392 g/mol. The molecule has 0 radical (unpaired) electrons. The molecule has 2 aromatic carbocycles. The van der Waals surface area contributed by atoms with Gasteiger partial charge in [0.2, 0.25) is 0 Å². The normalized spacial score (nSPS) is 10.6. The summed E-state index contributed by atoms with van der Waals surface area (Å²) in [5, 5.41) is 3.68. The van der Waals surface area contributed by atoms with Crippen molar-refractivity contribution < 1.29 is 19.1 Å². The molecule has 0 fully saturated rings. The van der Waals surface area contributed by atoms with E-state index in [9.17, 15) is 9.59 Å². The second kappa shape index (κ2) is 9.68. The number of carbonyl (C=O) groups is 2. The molecule has 3 rings (SSSR count). The van der Waals surface area contributed by atoms with Gasteiger partial charge in [-0.15, -0.1) is 0 Å². The van der Waals surface area contributed by atoms with Crippen LogP contribution < -0.4 is 10.1 Å². The highest BCUT2D eigenvalue weighted by Crippen LogP contribution is 2.26. The van der Waals surface area contributed by atoms with Crippen LogP contribution in [0.2, 0.25) is 0 Å². The minimum absolute atomic E-state index is 0.192. The van der Waals surface area contributed by atoms with Crippen LogP contribution in [0.3, 0.4) is 0 Å². The van der Waals surface area contributed by atoms with Crippen molar-refractivity contribution >= 4 is 22.8 Å². The van der Waals surface area contributed by atoms with Gasteiger partial charge < -0.3 is 14.8 Å². The zero-order valence-electron chi connectivity index (χ0n) is 16.6. The third-order valence-corrected chi connectivity index (χ3v) is 4.50. The maximum atomic E-state index is 12.8. The van der Waals surface area contributed by atoms with Crippen LogP contribution >= 0.6 is 0 Å². The summed E-state index contributed by atoms with van der Waals surface area (Å²) in [5.41, 5.74) is 2.91. The number of nitrogens with one attached hydrogen (secondary N) is 1. The number of nitrogens with zero attached hydrogens (tertiary/aromatic N) is 1. The van der Waals surface area contributed by atoms with Crippen molar-refractivity contribution in [1.29, 1.82) is 0 Å². The second-order valence-electron chi connectivity index (χ2n) is 6.47. The molecule has 0 unspecified atom stereocenters. The van der Waals surface area contributed by atoms with Gasteiger partial charge in [0.15, 0.2) is 0 Å². The summed E-state index contributed by atoms with van der Waals surface area (Å²) in [6.07, 6.45) is 0.807. The SMILES string of the molecule is CCOC(=O)CCCNC(=O)c1cc(-c2ccc(OC)cc2)nc2ccccc12. The molecule has 0 aliphatic carbocycles. The fraction of sp³-hybridized carbons (Fsp3) is 0.261. The molecule has 150 valence electrons. The Morgan fingerprint density at radius 2 is 1.83 bits per heavy atom. The van der Waals surface area contributed by atoms with E-state index >= 15 is 0 Å². The Labute approximate surface area is 169 Å². The van der Waals surface area contributed by atoms with Crippen LogP contribution in [0.4, 0.5) is 0 Å². The lowest BCUT2D eigenvalue weighted by Gasteiger charge is -2.11. The molecule has 6 heteroatoms. The summed E-state index contributed by atoms with van der Waals surface area (Å²) in [5.74, 6) is 0.314. The van der Waals surface area contributed by atoms with E-state index in [4.69, 9.17) is 14.5 Å². The van der Waals surface area contributed by atoms with Crippen molar-refractivity contribution in [2.45, 2.75) is 19.8 Å². The van der Waals surface area contributed by atoms with Gasteiger partial charge in [-0.05, 0) is 49.7 Å². The summed E-state index contributed by atoms with van der Waals surface area (Å²) < 4.78 is 10.1. The van der Waals surface area contributed by atoms with Crippen molar-refractivity contribution in [3.8, 4) is 17.0 Å². The minimum Gasteiger partial charge on any atom is -0.497 e. The first-order valence-electron chi connectivity index (χ1n) is 9.60. The molecule has 29 heavy (non-hydrogen) atoms. The van der Waals surface area contributed by atoms with Crippen LogP contribution in [-0.2, 0) is 9.53 Å². The molecule has 0 saturated carbocycles. The molecular weight excluding hydrogens is 368 g/mol. The molecule has 0 aliphatic heterocycles. The van der Waals surface area contributed by atoms with E-state index in [1.165, 1.54) is 0 Å². The Kier molecular flexibility index (Phi) is 6.79. The van der Waals surface area contributed by atoms with E-state index in [0.29, 0.717) is 30.8 Å². The number of esters is 1. The van der Waals surface area contributed by atoms with Crippen molar-refractivity contribution in [2.75, 3.05) is 20.3 Å². The number of methoxy groups -OCH3 is 1. The van der Waals surface area contributed by atoms with E-state index in [2.05, 4.69) is 5.32 Å². The van der Waals surface area contributed by atoms with Gasteiger partial charge in [0.1, 0.15) is 5.75 Å². The number of carbonyl (C=O) groups excluding carboxylic acids is 2. The predicted octanol–water partition coefficient (Wildman–Crippen LogP) is 3.98. The van der Waals surface area contributed by atoms with Gasteiger partial charge in [0.25, 0.3) is 5.91 Å². The summed E-state index contributed by atoms with van der Waals surface area (Å²) in [7, 11) is 1.62. The van der Waals surface area contributed by atoms with E-state index in [-0.39, 0.29) is 18.3 Å². The molecule has 1 N–H and O–H groups in total. The van der Waals surface area contributed by atoms with Crippen LogP contribution in [0.25, 0.3) is 22.2 Å². The third kappa shape index (κ3) is 5.10. The molecule has 0 saturated heterocycles. The maximum absolute atomic E-state index is 12.8. The molecule has 0 bridgehead atoms. The average Bonchev–Trinajstić information content (AvgIpc) is 2.76. The Bertz CT molecular complexity index is 999. The smallest absolute Gasteiger partial charge is 0.305 e. The Morgan fingerprint density at radius 3 is 2.55 bits per heavy atom. The highest BCUT2D eigenvalue weighted by molar-refractivity contribution is 6.07. The number of hydrogen-bond acceptors (Lipinski definition) is 5. The summed E-state index contributed by atoms with van der Waals surface area (Å²) in [6.45, 7) is 2.53. The number of amides is 1. The van der Waals surface area contributed by atoms with Crippen molar-refractivity contribution in [3.63, 3.8) is 0 Å². The van der Waals surface area contributed by atoms with Gasteiger partial charge in [-0.3, -0.25) is 9.59 Å². The number of para-hydroxylation sites is 1. The zero-order valence-corrected chi connectivity index (χ0v) is 16.6. The number of fused-ring (bicyclic) bond motifs is 1. The van der Waals surface area contributed by atoms with Gasteiger partial charge in [-0.25, -0.2) is 4.98 Å². The fourth-order valence-electron chi connectivity index (χ4n) is 3.04. The first-order valence-corrected chi connectivity index (χ1v) is 9.60. The van der Waals surface area contributed by atoms with Crippen molar-refractivity contribution in [1.82, 2.24) is 10.3 Å². The molecule has 1 amide bonds. The number of ether oxygens (including phenoxy) is 2. The maximum Gasteiger partial charge on any atom is 0.305 e. The molecule has 0 aliphatic rings. The van der Waals surface area contributed by atoms with Crippen LogP contribution in [0.5, 0.6) is 5.75 Å². The molecule has 1 heterocycles. The van der Waals surface area contributed by atoms with E-state index in [0.717, 1.165) is 22.2 Å². The summed E-state index contributed by atoms with van der Waals surface area (Å²) in [6, 6.07) is 16.9. The van der Waals surface area contributed by atoms with Gasteiger partial charge in [0.05, 0.1) is 30.5 Å². The van der Waals surface area contributed by atoms with E-state index < -0.39 is 0 Å². The highest BCUT2D eigenvalue weighted by Gasteiger charge is 2.14. The van der Waals surface area contributed by atoms with Crippen molar-refractivity contribution in [3.05, 3.63) is 60.2 Å². The number of rotatable bonds is 8. The predicted molar refractivity (Wildman–Crippen MR) is 112 cm³/mol. The summed E-state index contributed by atoms with van der Waals surface area (Å²) >= 11 is 0. The first-order chi connectivity index (χ1) is 14.1. The number of pyridine rings is 1. The van der Waals surface area contributed by atoms with Crippen LogP contribution in [0.1, 0.15) is 30.1 Å². The largest absolute Gasteiger partial charge is 0.497 e. The molecule has 3 aromatic rings. The molecule has 0 spiro atoms. The van der Waals surface area contributed by atoms with Crippen LogP contribution in [0.15, 0.2) is 54.6 Å². The Hall–Kier alpha value is -3.41. The zero-order chi connectivity index (χ0) is 20.6. The van der Waals surface area contributed by atoms with E-state index in [1.54, 1.807) is 20.1 Å². The summed E-state index contributed by atoms with van der Waals surface area (Å²) in [4.78, 5) is 29.0. The Morgan fingerprint density at radius 1 is 1.07 bits per heavy atom. The molecule has 0 atom stereocenters. The van der Waals surface area contributed by atoms with Crippen molar-refractivity contribution in [2.24, 2.45) is 0 Å². The highest BCUT2D eigenvalue weighted by atomic mass is 16.5. The minimum atomic E-state index is -0.252. The van der Waals surface area contributed by atoms with Crippen LogP contribution in [-0.4, -0.2) is 37.1 Å². The molecule has 1 aromatic heterocycles. The number of aromatic nitrogens is 1. The first kappa shape index (κ1) is 20.3. The van der Waals surface area contributed by atoms with Crippen LogP contribution in [0, 0.1) is 0 Å². The lowest BCUT2D eigenvalue weighted by Crippen LogP contribution is -2.25. The topological polar surface area (TPSA) is 77.5 Å². The van der Waals surface area contributed by atoms with Gasteiger partial charge in [0, 0.05) is 23.9 Å². The van der Waals surface area contributed by atoms with Gasteiger partial charge in [-0.2, -0.15) is 0 Å².